The van der Waals surface area contributed by atoms with Crippen molar-refractivity contribution in [3.05, 3.63) is 60.7 Å². The summed E-state index contributed by atoms with van der Waals surface area (Å²) in [5.74, 6) is 0.951. The summed E-state index contributed by atoms with van der Waals surface area (Å²) in [6.45, 7) is 21.4. The van der Waals surface area contributed by atoms with Gasteiger partial charge in [-0.2, -0.15) is 0 Å². The van der Waals surface area contributed by atoms with Crippen molar-refractivity contribution in [2.24, 2.45) is 56.2 Å². The highest BCUT2D eigenvalue weighted by Gasteiger charge is 2.71. The molecule has 5 aliphatic carbocycles. The average Bonchev–Trinajstić information content (AvgIpc) is 3.54. The van der Waals surface area contributed by atoms with E-state index in [9.17, 15) is 19.5 Å². The number of fused-ring (bicyclic) bond motifs is 8. The summed E-state index contributed by atoms with van der Waals surface area (Å²) in [7, 11) is 0. The lowest BCUT2D eigenvalue weighted by molar-refractivity contribution is -0.247. The smallest absolute Gasteiger partial charge is 0.309 e. The molecular formula is C47H67NO5. The number of hydrogen-bond acceptors (Lipinski definition) is 4. The Bertz CT molecular complexity index is 1720. The zero-order chi connectivity index (χ0) is 38.6. The normalized spacial score (nSPS) is 37.0. The topological polar surface area (TPSA) is 92.7 Å². The third-order valence-electron chi connectivity index (χ3n) is 16.5. The Morgan fingerprint density at radius 3 is 2.26 bits per heavy atom. The summed E-state index contributed by atoms with van der Waals surface area (Å²) < 4.78 is 6.16. The van der Waals surface area contributed by atoms with Crippen LogP contribution in [-0.2, 0) is 25.7 Å². The van der Waals surface area contributed by atoms with E-state index >= 15 is 0 Å². The predicted molar refractivity (Wildman–Crippen MR) is 213 cm³/mol. The lowest BCUT2D eigenvalue weighted by atomic mass is 9.32. The van der Waals surface area contributed by atoms with Crippen LogP contribution in [0.1, 0.15) is 138 Å². The first-order valence-electron chi connectivity index (χ1n) is 20.7. The number of carbonyl (C=O) groups is 3. The van der Waals surface area contributed by atoms with Gasteiger partial charge < -0.3 is 15.2 Å². The molecule has 53 heavy (non-hydrogen) atoms. The van der Waals surface area contributed by atoms with Crippen molar-refractivity contribution in [1.29, 1.82) is 0 Å². The van der Waals surface area contributed by atoms with Crippen LogP contribution in [0.2, 0.25) is 0 Å². The molecule has 2 aromatic rings. The Morgan fingerprint density at radius 1 is 0.849 bits per heavy atom. The molecule has 8 unspecified atom stereocenters. The number of esters is 1. The lowest BCUT2D eigenvalue weighted by Crippen LogP contribution is -2.67. The van der Waals surface area contributed by atoms with Crippen LogP contribution in [-0.4, -0.2) is 29.1 Å². The third kappa shape index (κ3) is 6.36. The first-order chi connectivity index (χ1) is 24.9. The van der Waals surface area contributed by atoms with Crippen LogP contribution in [0, 0.1) is 56.2 Å². The van der Waals surface area contributed by atoms with Crippen molar-refractivity contribution in [3.8, 4) is 0 Å². The molecule has 2 N–H and O–H groups in total. The molecule has 290 valence electrons. The SMILES string of the molecule is C=CC.CC(C)(CC(=O)OC1CCC2(C)C(CCC3(C)C2CCC2C4CCCC4(C(=O)NCc4cccc5ccccc45)CC[C@]23C)C1(C)C)C(=O)O. The minimum atomic E-state index is -1.14. The van der Waals surface area contributed by atoms with Gasteiger partial charge in [0.25, 0.3) is 0 Å². The molecule has 7 rings (SSSR count). The molecule has 5 aliphatic rings. The second-order valence-corrected chi connectivity index (χ2v) is 19.8. The van der Waals surface area contributed by atoms with Crippen LogP contribution in [0.3, 0.4) is 0 Å². The van der Waals surface area contributed by atoms with E-state index in [0.717, 1.165) is 44.9 Å². The fourth-order valence-electron chi connectivity index (χ4n) is 13.6. The molecule has 0 bridgehead atoms. The molecule has 0 aliphatic heterocycles. The van der Waals surface area contributed by atoms with Gasteiger partial charge in [-0.3, -0.25) is 14.4 Å². The molecule has 0 aromatic heterocycles. The quantitative estimate of drug-likeness (QED) is 0.219. The number of nitrogens with one attached hydrogen (secondary N) is 1. The van der Waals surface area contributed by atoms with Gasteiger partial charge in [-0.15, -0.1) is 6.58 Å². The number of rotatable bonds is 7. The first-order valence-corrected chi connectivity index (χ1v) is 20.7. The van der Waals surface area contributed by atoms with Crippen LogP contribution in [0.5, 0.6) is 0 Å². The van der Waals surface area contributed by atoms with Crippen LogP contribution in [0.15, 0.2) is 55.1 Å². The Hall–Kier alpha value is -3.15. The van der Waals surface area contributed by atoms with Crippen LogP contribution >= 0.6 is 0 Å². The van der Waals surface area contributed by atoms with Gasteiger partial charge in [-0.1, -0.05) is 89.6 Å². The molecule has 1 amide bonds. The van der Waals surface area contributed by atoms with Crippen LogP contribution < -0.4 is 5.32 Å². The Morgan fingerprint density at radius 2 is 1.55 bits per heavy atom. The fraction of sp³-hybridized carbons (Fsp3) is 0.681. The van der Waals surface area contributed by atoms with Gasteiger partial charge in [0.2, 0.25) is 5.91 Å². The summed E-state index contributed by atoms with van der Waals surface area (Å²) in [6, 6.07) is 14.9. The largest absolute Gasteiger partial charge is 0.481 e. The standard InChI is InChI=1S/C44H61NO5.C3H6/c1-39(2,38(48)49)26-36(46)50-35-20-22-41(5)33(40(35,3)4)19-23-43(7)34(41)18-17-31-32-16-11-21-44(32,25-24-42(31,43)6)37(47)45-27-29-14-10-13-28-12-8-9-15-30(28)29;1-3-2/h8-10,12-15,31-35H,11,16-27H2,1-7H3,(H,45,47)(H,48,49);3H,1H2,2H3/t31?,32?,33?,34?,35?,41?,42-,43?,44?;/m1./s1. The van der Waals surface area contributed by atoms with Crippen molar-refractivity contribution in [2.45, 2.75) is 145 Å². The average molecular weight is 726 g/mol. The van der Waals surface area contributed by atoms with E-state index in [1.165, 1.54) is 42.0 Å². The van der Waals surface area contributed by atoms with Crippen molar-refractivity contribution in [1.82, 2.24) is 5.32 Å². The zero-order valence-corrected chi connectivity index (χ0v) is 34.0. The maximum absolute atomic E-state index is 14.4. The number of ether oxygens (including phenoxy) is 1. The van der Waals surface area contributed by atoms with Crippen molar-refractivity contribution >= 4 is 28.6 Å². The van der Waals surface area contributed by atoms with Gasteiger partial charge in [0.1, 0.15) is 6.10 Å². The van der Waals surface area contributed by atoms with E-state index < -0.39 is 17.4 Å². The van der Waals surface area contributed by atoms with E-state index in [-0.39, 0.29) is 39.6 Å². The number of amides is 1. The van der Waals surface area contributed by atoms with Gasteiger partial charge >= 0.3 is 11.9 Å². The van der Waals surface area contributed by atoms with Crippen molar-refractivity contribution < 1.29 is 24.2 Å². The molecule has 0 spiro atoms. The Labute approximate surface area is 319 Å². The number of allylic oxidation sites excluding steroid dienone is 1. The van der Waals surface area contributed by atoms with E-state index in [0.29, 0.717) is 36.1 Å². The monoisotopic (exact) mass is 726 g/mol. The third-order valence-corrected chi connectivity index (χ3v) is 16.5. The number of aliphatic carboxylic acids is 1. The summed E-state index contributed by atoms with van der Waals surface area (Å²) >= 11 is 0. The van der Waals surface area contributed by atoms with E-state index in [1.54, 1.807) is 19.9 Å². The van der Waals surface area contributed by atoms with Crippen molar-refractivity contribution in [3.63, 3.8) is 0 Å². The number of benzene rings is 2. The van der Waals surface area contributed by atoms with Crippen LogP contribution in [0.4, 0.5) is 0 Å². The molecular weight excluding hydrogens is 659 g/mol. The first kappa shape index (κ1) is 39.5. The van der Waals surface area contributed by atoms with Gasteiger partial charge in [-0.25, -0.2) is 0 Å². The summed E-state index contributed by atoms with van der Waals surface area (Å²) in [4.78, 5) is 39.2. The van der Waals surface area contributed by atoms with Crippen LogP contribution in [0.25, 0.3) is 10.8 Å². The molecule has 5 saturated carbocycles. The van der Waals surface area contributed by atoms with E-state index in [1.807, 2.05) is 6.92 Å². The molecule has 9 atom stereocenters. The zero-order valence-electron chi connectivity index (χ0n) is 34.0. The maximum atomic E-state index is 14.4. The number of carboxylic acids is 1. The summed E-state index contributed by atoms with van der Waals surface area (Å²) in [5, 5.41) is 15.5. The molecule has 0 radical (unpaired) electrons. The molecule has 0 saturated heterocycles. The lowest BCUT2D eigenvalue weighted by Gasteiger charge is -2.72. The van der Waals surface area contributed by atoms with Gasteiger partial charge in [0.05, 0.1) is 17.3 Å². The highest BCUT2D eigenvalue weighted by Crippen LogP contribution is 2.77. The summed E-state index contributed by atoms with van der Waals surface area (Å²) in [6.07, 6.45) is 13.5. The molecule has 0 heterocycles. The van der Waals surface area contributed by atoms with E-state index in [4.69, 9.17) is 4.74 Å². The highest BCUT2D eigenvalue weighted by atomic mass is 16.5. The second kappa shape index (κ2) is 14.2. The van der Waals surface area contributed by atoms with Gasteiger partial charge in [-0.05, 0) is 141 Å². The number of carboxylic acid groups (broad SMARTS) is 1. The maximum Gasteiger partial charge on any atom is 0.309 e. The minimum absolute atomic E-state index is 0.110. The second-order valence-electron chi connectivity index (χ2n) is 19.8. The molecule has 6 heteroatoms. The predicted octanol–water partition coefficient (Wildman–Crippen LogP) is 10.9. The fourth-order valence-corrected chi connectivity index (χ4v) is 13.6. The Kier molecular flexibility index (Phi) is 10.6. The molecule has 5 fully saturated rings. The summed E-state index contributed by atoms with van der Waals surface area (Å²) in [5.41, 5.74) is 0.141. The Balaban J connectivity index is 0.00000155. The highest BCUT2D eigenvalue weighted by molar-refractivity contribution is 5.87. The van der Waals surface area contributed by atoms with Crippen molar-refractivity contribution in [2.75, 3.05) is 0 Å². The number of carbonyl (C=O) groups excluding carboxylic acids is 2. The van der Waals surface area contributed by atoms with Gasteiger partial charge in [0, 0.05) is 12.0 Å². The molecule has 2 aromatic carbocycles. The number of hydrogen-bond donors (Lipinski definition) is 2. The van der Waals surface area contributed by atoms with E-state index in [2.05, 4.69) is 89.0 Å². The minimum Gasteiger partial charge on any atom is -0.481 e. The van der Waals surface area contributed by atoms with Gasteiger partial charge in [0.15, 0.2) is 0 Å². The molecule has 6 nitrogen and oxygen atoms in total.